The summed E-state index contributed by atoms with van der Waals surface area (Å²) in [5.41, 5.74) is 4.97. The average Bonchev–Trinajstić information content (AvgIpc) is 3.14. The molecule has 2 heterocycles. The first-order chi connectivity index (χ1) is 15.8. The number of fused-ring (bicyclic) bond motifs is 6. The van der Waals surface area contributed by atoms with Crippen LogP contribution in [0.15, 0.2) is 83.4 Å². The van der Waals surface area contributed by atoms with Crippen LogP contribution in [0.5, 0.6) is 0 Å². The van der Waals surface area contributed by atoms with Gasteiger partial charge in [-0.05, 0) is 59.1 Å². The smallest absolute Gasteiger partial charge is 0.216 e. The van der Waals surface area contributed by atoms with Gasteiger partial charge in [-0.2, -0.15) is 0 Å². The van der Waals surface area contributed by atoms with Gasteiger partial charge >= 0.3 is 0 Å². The molecule has 0 N–H and O–H groups in total. The fraction of sp³-hybridized carbons (Fsp3) is 0.107. The summed E-state index contributed by atoms with van der Waals surface area (Å²) in [7, 11) is 1.88. The van der Waals surface area contributed by atoms with Crippen LogP contribution in [0.3, 0.4) is 0 Å². The van der Waals surface area contributed by atoms with Crippen molar-refractivity contribution in [3.05, 3.63) is 90.1 Å². The zero-order chi connectivity index (χ0) is 22.9. The van der Waals surface area contributed by atoms with Crippen molar-refractivity contribution in [2.75, 3.05) is 0 Å². The van der Waals surface area contributed by atoms with E-state index in [0.717, 1.165) is 44.1 Å². The zero-order valence-corrected chi connectivity index (χ0v) is 16.9. The Hall–Kier alpha value is -3.65. The Bertz CT molecular complexity index is 1730. The van der Waals surface area contributed by atoms with Gasteiger partial charge in [-0.25, -0.2) is 4.57 Å². The first-order valence-corrected chi connectivity index (χ1v) is 10.1. The van der Waals surface area contributed by atoms with Crippen LogP contribution in [-0.4, -0.2) is 0 Å². The van der Waals surface area contributed by atoms with Gasteiger partial charge in [-0.15, -0.1) is 0 Å². The zero-order valence-electron chi connectivity index (χ0n) is 19.9. The molecule has 0 amide bonds. The molecule has 0 bridgehead atoms. The SMILES string of the molecule is [2H]C([2H])([2H])c1ccc(-c2c(C)ccc3c2oc2cc4ccc5ccccc5c4cc23)[n+](C)c1. The van der Waals surface area contributed by atoms with E-state index in [1.54, 1.807) is 12.3 Å². The van der Waals surface area contributed by atoms with Crippen LogP contribution >= 0.6 is 0 Å². The van der Waals surface area contributed by atoms with Gasteiger partial charge in [-0.1, -0.05) is 48.5 Å². The van der Waals surface area contributed by atoms with Crippen molar-refractivity contribution in [3.8, 4) is 11.3 Å². The van der Waals surface area contributed by atoms with Gasteiger partial charge < -0.3 is 4.42 Å². The molecule has 0 spiro atoms. The number of nitrogens with zero attached hydrogens (tertiary/aromatic N) is 1. The Morgan fingerprint density at radius 2 is 1.67 bits per heavy atom. The lowest BCUT2D eigenvalue weighted by atomic mass is 9.98. The predicted octanol–water partition coefficient (Wildman–Crippen LogP) is 7.00. The highest BCUT2D eigenvalue weighted by Gasteiger charge is 2.21. The van der Waals surface area contributed by atoms with E-state index in [-0.39, 0.29) is 0 Å². The molecule has 0 radical (unpaired) electrons. The van der Waals surface area contributed by atoms with E-state index in [0.29, 0.717) is 5.56 Å². The molecule has 0 atom stereocenters. The summed E-state index contributed by atoms with van der Waals surface area (Å²) in [6.45, 7) is -0.0801. The van der Waals surface area contributed by atoms with Crippen LogP contribution in [0.25, 0.3) is 54.7 Å². The minimum absolute atomic E-state index is 0.321. The number of hydrogen-bond donors (Lipinski definition) is 0. The van der Waals surface area contributed by atoms with Gasteiger partial charge in [-0.3, -0.25) is 0 Å². The molecule has 6 aromatic rings. The Balaban J connectivity index is 1.66. The fourth-order valence-electron chi connectivity index (χ4n) is 4.62. The van der Waals surface area contributed by atoms with Crippen LogP contribution < -0.4 is 4.57 Å². The number of pyridine rings is 1. The number of furan rings is 1. The van der Waals surface area contributed by atoms with Crippen LogP contribution in [0.2, 0.25) is 0 Å². The van der Waals surface area contributed by atoms with Gasteiger partial charge in [0.15, 0.2) is 6.20 Å². The summed E-state index contributed by atoms with van der Waals surface area (Å²) in [6, 6.07) is 24.9. The summed E-state index contributed by atoms with van der Waals surface area (Å²) in [4.78, 5) is 0. The van der Waals surface area contributed by atoms with Gasteiger partial charge in [0.1, 0.15) is 18.2 Å². The van der Waals surface area contributed by atoms with E-state index in [9.17, 15) is 0 Å². The van der Waals surface area contributed by atoms with Crippen molar-refractivity contribution in [2.24, 2.45) is 7.05 Å². The van der Waals surface area contributed by atoms with E-state index in [1.165, 1.54) is 16.2 Å². The minimum atomic E-state index is -2.14. The molecule has 0 saturated heterocycles. The quantitative estimate of drug-likeness (QED) is 0.218. The van der Waals surface area contributed by atoms with Crippen molar-refractivity contribution in [1.29, 1.82) is 0 Å². The number of rotatable bonds is 1. The molecule has 0 aliphatic heterocycles. The fourth-order valence-corrected chi connectivity index (χ4v) is 4.62. The molecule has 0 unspecified atom stereocenters. The largest absolute Gasteiger partial charge is 0.455 e. The van der Waals surface area contributed by atoms with Crippen LogP contribution in [0.1, 0.15) is 15.2 Å². The molecule has 0 aliphatic carbocycles. The van der Waals surface area contributed by atoms with Crippen molar-refractivity contribution in [1.82, 2.24) is 0 Å². The third-order valence-electron chi connectivity index (χ3n) is 6.10. The van der Waals surface area contributed by atoms with Gasteiger partial charge in [0.2, 0.25) is 5.69 Å². The maximum absolute atomic E-state index is 7.72. The van der Waals surface area contributed by atoms with Crippen molar-refractivity contribution in [2.45, 2.75) is 13.8 Å². The Kier molecular flexibility index (Phi) is 2.95. The van der Waals surface area contributed by atoms with E-state index in [1.807, 2.05) is 17.7 Å². The lowest BCUT2D eigenvalue weighted by molar-refractivity contribution is -0.660. The molecule has 2 nitrogen and oxygen atoms in total. The molecule has 0 aliphatic rings. The van der Waals surface area contributed by atoms with Crippen LogP contribution in [0, 0.1) is 13.8 Å². The van der Waals surface area contributed by atoms with Gasteiger partial charge in [0, 0.05) is 26.5 Å². The van der Waals surface area contributed by atoms with Crippen LogP contribution in [-0.2, 0) is 7.05 Å². The van der Waals surface area contributed by atoms with Gasteiger partial charge in [0.05, 0.1) is 5.56 Å². The maximum Gasteiger partial charge on any atom is 0.216 e. The summed E-state index contributed by atoms with van der Waals surface area (Å²) >= 11 is 0. The maximum atomic E-state index is 7.72. The molecular weight excluding hydrogens is 366 g/mol. The first-order valence-electron chi connectivity index (χ1n) is 11.6. The monoisotopic (exact) mass is 391 g/mol. The number of aryl methyl sites for hydroxylation is 3. The molecule has 144 valence electrons. The van der Waals surface area contributed by atoms with Crippen LogP contribution in [0.4, 0.5) is 0 Å². The normalized spacial score (nSPS) is 13.7. The summed E-state index contributed by atoms with van der Waals surface area (Å²) in [5, 5.41) is 6.93. The standard InChI is InChI=1S/C28H22NO/c1-17-8-13-25(29(3)16-17)27-18(2)9-12-22-24-15-23-20(14-26(24)30-28(22)27)11-10-19-6-4-5-7-21(19)23/h4-16H,1-3H3/q+1/i1D3. The third-order valence-corrected chi connectivity index (χ3v) is 6.10. The first kappa shape index (κ1) is 14.4. The Labute approximate surface area is 179 Å². The number of benzene rings is 4. The highest BCUT2D eigenvalue weighted by atomic mass is 16.3. The van der Waals surface area contributed by atoms with Gasteiger partial charge in [0.25, 0.3) is 0 Å². The molecule has 30 heavy (non-hydrogen) atoms. The Morgan fingerprint density at radius 1 is 0.800 bits per heavy atom. The third kappa shape index (κ3) is 2.40. The summed E-state index contributed by atoms with van der Waals surface area (Å²) in [6.07, 6.45) is 1.68. The van der Waals surface area contributed by atoms with E-state index in [4.69, 9.17) is 8.53 Å². The Morgan fingerprint density at radius 3 is 2.53 bits per heavy atom. The predicted molar refractivity (Wildman–Crippen MR) is 125 cm³/mol. The highest BCUT2D eigenvalue weighted by molar-refractivity contribution is 6.17. The molecule has 2 heteroatoms. The summed E-state index contributed by atoms with van der Waals surface area (Å²) in [5.74, 6) is 0. The molecule has 0 saturated carbocycles. The van der Waals surface area contributed by atoms with Crippen molar-refractivity contribution in [3.63, 3.8) is 0 Å². The lowest BCUT2D eigenvalue weighted by Crippen LogP contribution is -2.31. The molecule has 2 aromatic heterocycles. The highest BCUT2D eigenvalue weighted by Crippen LogP contribution is 2.39. The molecular formula is C28H22NO+. The average molecular weight is 392 g/mol. The topological polar surface area (TPSA) is 17.0 Å². The minimum Gasteiger partial charge on any atom is -0.455 e. The molecule has 0 fully saturated rings. The molecule has 6 rings (SSSR count). The van der Waals surface area contributed by atoms with Crippen molar-refractivity contribution < 1.29 is 13.1 Å². The second-order valence-electron chi connectivity index (χ2n) is 8.01. The second-order valence-corrected chi connectivity index (χ2v) is 8.01. The van der Waals surface area contributed by atoms with E-state index < -0.39 is 6.85 Å². The van der Waals surface area contributed by atoms with Crippen molar-refractivity contribution >= 4 is 43.5 Å². The van der Waals surface area contributed by atoms with E-state index >= 15 is 0 Å². The molecule has 4 aromatic carbocycles. The summed E-state index contributed by atoms with van der Waals surface area (Å²) < 4.78 is 31.5. The lowest BCUT2D eigenvalue weighted by Gasteiger charge is -2.06. The number of hydrogen-bond acceptors (Lipinski definition) is 1. The van der Waals surface area contributed by atoms with E-state index in [2.05, 4.69) is 67.6 Å². The number of aromatic nitrogens is 1. The second kappa shape index (κ2) is 6.17.